The van der Waals surface area contributed by atoms with Crippen molar-refractivity contribution in [3.05, 3.63) is 59.2 Å². The van der Waals surface area contributed by atoms with Gasteiger partial charge in [0.2, 0.25) is 0 Å². The Hall–Kier alpha value is -2.29. The molecule has 0 aromatic heterocycles. The van der Waals surface area contributed by atoms with Crippen LogP contribution >= 0.6 is 0 Å². The molecule has 1 N–H and O–H groups in total. The Balaban J connectivity index is 1.76. The normalized spacial score (nSPS) is 22.3. The monoisotopic (exact) mass is 320 g/mol. The zero-order chi connectivity index (χ0) is 16.7. The molecule has 0 saturated heterocycles. The summed E-state index contributed by atoms with van der Waals surface area (Å²) in [5.74, 6) is 0.112. The van der Waals surface area contributed by atoms with Crippen LogP contribution in [0.2, 0.25) is 0 Å². The van der Waals surface area contributed by atoms with Crippen molar-refractivity contribution >= 4 is 17.3 Å². The van der Waals surface area contributed by atoms with Crippen molar-refractivity contribution in [1.82, 2.24) is 0 Å². The van der Waals surface area contributed by atoms with Crippen LogP contribution in [0, 0.1) is 0 Å². The Labute approximate surface area is 143 Å². The Morgan fingerprint density at radius 3 is 2.58 bits per heavy atom. The fourth-order valence-electron chi connectivity index (χ4n) is 3.91. The fraction of sp³-hybridized carbons (Fsp3) is 0.381. The molecule has 0 saturated carbocycles. The van der Waals surface area contributed by atoms with Crippen molar-refractivity contribution in [2.24, 2.45) is 0 Å². The zero-order valence-corrected chi connectivity index (χ0v) is 14.4. The number of carbonyl (C=O) groups excluding carboxylic acids is 1. The van der Waals surface area contributed by atoms with Crippen molar-refractivity contribution in [1.29, 1.82) is 0 Å². The number of hydrogen-bond donors (Lipinski definition) is 1. The number of hydrogen-bond acceptors (Lipinski definition) is 2. The fourth-order valence-corrected chi connectivity index (χ4v) is 3.91. The van der Waals surface area contributed by atoms with Crippen molar-refractivity contribution in [2.45, 2.75) is 51.6 Å². The number of amides is 1. The van der Waals surface area contributed by atoms with Crippen LogP contribution in [0.15, 0.2) is 42.5 Å². The van der Waals surface area contributed by atoms with Crippen LogP contribution in [0.25, 0.3) is 0 Å². The molecule has 3 heteroatoms. The summed E-state index contributed by atoms with van der Waals surface area (Å²) in [6.07, 6.45) is 4.28. The van der Waals surface area contributed by atoms with Gasteiger partial charge in [0.15, 0.2) is 0 Å². The lowest BCUT2D eigenvalue weighted by Crippen LogP contribution is -2.42. The SMILES string of the molecule is C[C@H]1CCc2cc3c(cc2N1)CC[C@H](C)N3C(=O)c1ccccc1. The lowest BCUT2D eigenvalue weighted by atomic mass is 9.90. The number of aryl methyl sites for hydroxylation is 2. The van der Waals surface area contributed by atoms with E-state index in [1.807, 2.05) is 35.2 Å². The summed E-state index contributed by atoms with van der Waals surface area (Å²) in [5, 5.41) is 3.59. The Kier molecular flexibility index (Phi) is 3.79. The van der Waals surface area contributed by atoms with E-state index in [1.54, 1.807) is 0 Å². The number of fused-ring (bicyclic) bond motifs is 2. The van der Waals surface area contributed by atoms with E-state index in [1.165, 1.54) is 16.8 Å². The third kappa shape index (κ3) is 2.58. The second-order valence-electron chi connectivity index (χ2n) is 7.15. The first-order valence-corrected chi connectivity index (χ1v) is 8.94. The van der Waals surface area contributed by atoms with Gasteiger partial charge in [-0.25, -0.2) is 0 Å². The Morgan fingerprint density at radius 2 is 1.79 bits per heavy atom. The van der Waals surface area contributed by atoms with Gasteiger partial charge in [-0.15, -0.1) is 0 Å². The van der Waals surface area contributed by atoms with E-state index in [4.69, 9.17) is 0 Å². The van der Waals surface area contributed by atoms with E-state index in [2.05, 4.69) is 31.3 Å². The molecule has 4 rings (SSSR count). The molecule has 1 amide bonds. The maximum atomic E-state index is 13.1. The standard InChI is InChI=1S/C21H24N2O/c1-14-8-10-17-13-20-18(12-19(17)22-14)11-9-15(2)23(20)21(24)16-6-4-3-5-7-16/h3-7,12-15,22H,8-11H2,1-2H3/t14-,15-/m0/s1. The number of rotatable bonds is 1. The number of anilines is 2. The molecular formula is C21H24N2O. The summed E-state index contributed by atoms with van der Waals surface area (Å²) >= 11 is 0. The van der Waals surface area contributed by atoms with E-state index in [0.29, 0.717) is 6.04 Å². The molecule has 2 aromatic rings. The third-order valence-electron chi connectivity index (χ3n) is 5.32. The van der Waals surface area contributed by atoms with Gasteiger partial charge in [0.05, 0.1) is 0 Å². The van der Waals surface area contributed by atoms with Crippen LogP contribution in [-0.2, 0) is 12.8 Å². The van der Waals surface area contributed by atoms with Gasteiger partial charge < -0.3 is 10.2 Å². The summed E-state index contributed by atoms with van der Waals surface area (Å²) < 4.78 is 0. The summed E-state index contributed by atoms with van der Waals surface area (Å²) in [4.78, 5) is 15.1. The molecule has 2 aromatic carbocycles. The van der Waals surface area contributed by atoms with Crippen LogP contribution in [-0.4, -0.2) is 18.0 Å². The van der Waals surface area contributed by atoms with Gasteiger partial charge in [0, 0.05) is 29.0 Å². The first-order valence-electron chi connectivity index (χ1n) is 8.94. The van der Waals surface area contributed by atoms with E-state index >= 15 is 0 Å². The zero-order valence-electron chi connectivity index (χ0n) is 14.4. The van der Waals surface area contributed by atoms with Crippen molar-refractivity contribution in [3.8, 4) is 0 Å². The number of nitrogens with one attached hydrogen (secondary N) is 1. The molecule has 2 atom stereocenters. The van der Waals surface area contributed by atoms with Gasteiger partial charge in [0.1, 0.15) is 0 Å². The van der Waals surface area contributed by atoms with Gasteiger partial charge >= 0.3 is 0 Å². The Morgan fingerprint density at radius 1 is 1.04 bits per heavy atom. The molecule has 24 heavy (non-hydrogen) atoms. The lowest BCUT2D eigenvalue weighted by molar-refractivity contribution is 0.0975. The highest BCUT2D eigenvalue weighted by atomic mass is 16.2. The van der Waals surface area contributed by atoms with E-state index in [0.717, 1.165) is 36.9 Å². The maximum absolute atomic E-state index is 13.1. The molecule has 0 radical (unpaired) electrons. The lowest BCUT2D eigenvalue weighted by Gasteiger charge is -2.37. The first kappa shape index (κ1) is 15.3. The topological polar surface area (TPSA) is 32.3 Å². The Bertz CT molecular complexity index is 769. The van der Waals surface area contributed by atoms with E-state index in [9.17, 15) is 4.79 Å². The molecule has 0 spiro atoms. The van der Waals surface area contributed by atoms with Crippen LogP contribution in [0.3, 0.4) is 0 Å². The predicted molar refractivity (Wildman–Crippen MR) is 98.9 cm³/mol. The molecular weight excluding hydrogens is 296 g/mol. The molecule has 2 aliphatic heterocycles. The molecule has 0 unspecified atom stereocenters. The van der Waals surface area contributed by atoms with E-state index in [-0.39, 0.29) is 11.9 Å². The van der Waals surface area contributed by atoms with Crippen LogP contribution in [0.1, 0.15) is 48.2 Å². The molecule has 3 nitrogen and oxygen atoms in total. The minimum absolute atomic E-state index is 0.112. The van der Waals surface area contributed by atoms with Gasteiger partial charge in [0.25, 0.3) is 5.91 Å². The minimum Gasteiger partial charge on any atom is -0.382 e. The average Bonchev–Trinajstić information content (AvgIpc) is 2.60. The summed E-state index contributed by atoms with van der Waals surface area (Å²) in [7, 11) is 0. The summed E-state index contributed by atoms with van der Waals surface area (Å²) in [5.41, 5.74) is 5.76. The number of benzene rings is 2. The van der Waals surface area contributed by atoms with Crippen LogP contribution in [0.5, 0.6) is 0 Å². The number of carbonyl (C=O) groups is 1. The first-order chi connectivity index (χ1) is 11.6. The van der Waals surface area contributed by atoms with Crippen molar-refractivity contribution in [2.75, 3.05) is 10.2 Å². The van der Waals surface area contributed by atoms with Crippen LogP contribution < -0.4 is 10.2 Å². The molecule has 2 heterocycles. The van der Waals surface area contributed by atoms with Crippen molar-refractivity contribution in [3.63, 3.8) is 0 Å². The highest BCUT2D eigenvalue weighted by Gasteiger charge is 2.30. The van der Waals surface area contributed by atoms with Gasteiger partial charge in [-0.1, -0.05) is 18.2 Å². The average molecular weight is 320 g/mol. The second kappa shape index (κ2) is 5.97. The predicted octanol–water partition coefficient (Wildman–Crippen LogP) is 4.41. The molecule has 0 fully saturated rings. The maximum Gasteiger partial charge on any atom is 0.258 e. The minimum atomic E-state index is 0.112. The van der Waals surface area contributed by atoms with Gasteiger partial charge in [-0.05, 0) is 74.9 Å². The second-order valence-corrected chi connectivity index (χ2v) is 7.15. The number of nitrogens with zero attached hydrogens (tertiary/aromatic N) is 1. The molecule has 2 aliphatic rings. The van der Waals surface area contributed by atoms with E-state index < -0.39 is 0 Å². The quantitative estimate of drug-likeness (QED) is 0.844. The molecule has 124 valence electrons. The highest BCUT2D eigenvalue weighted by molar-refractivity contribution is 6.07. The van der Waals surface area contributed by atoms with Crippen molar-refractivity contribution < 1.29 is 4.79 Å². The molecule has 0 bridgehead atoms. The largest absolute Gasteiger partial charge is 0.382 e. The smallest absolute Gasteiger partial charge is 0.258 e. The summed E-state index contributed by atoms with van der Waals surface area (Å²) in [6, 6.07) is 14.9. The molecule has 0 aliphatic carbocycles. The van der Waals surface area contributed by atoms with Crippen LogP contribution in [0.4, 0.5) is 11.4 Å². The van der Waals surface area contributed by atoms with Gasteiger partial charge in [-0.2, -0.15) is 0 Å². The third-order valence-corrected chi connectivity index (χ3v) is 5.32. The van der Waals surface area contributed by atoms with Gasteiger partial charge in [-0.3, -0.25) is 4.79 Å². The summed E-state index contributed by atoms with van der Waals surface area (Å²) in [6.45, 7) is 4.39. The highest BCUT2D eigenvalue weighted by Crippen LogP contribution is 2.38.